The lowest BCUT2D eigenvalue weighted by Gasteiger charge is -2.16. The molecule has 33 heavy (non-hydrogen) atoms. The van der Waals surface area contributed by atoms with Gasteiger partial charge in [-0.25, -0.2) is 0 Å². The van der Waals surface area contributed by atoms with E-state index in [2.05, 4.69) is 65.1 Å². The summed E-state index contributed by atoms with van der Waals surface area (Å²) >= 11 is 0. The minimum absolute atomic E-state index is 0.230. The molecule has 0 spiro atoms. The summed E-state index contributed by atoms with van der Waals surface area (Å²) in [5.74, 6) is 2.33. The molecule has 0 aromatic heterocycles. The fourth-order valence-corrected chi connectivity index (χ4v) is 4.39. The van der Waals surface area contributed by atoms with Crippen molar-refractivity contribution in [2.24, 2.45) is 0 Å². The van der Waals surface area contributed by atoms with Crippen molar-refractivity contribution in [3.8, 4) is 39.8 Å². The molecule has 6 heteroatoms. The van der Waals surface area contributed by atoms with Crippen molar-refractivity contribution in [1.29, 1.82) is 0 Å². The number of rotatable bonds is 4. The predicted octanol–water partition coefficient (Wildman–Crippen LogP) is 5.61. The lowest BCUT2D eigenvalue weighted by Crippen LogP contribution is -2.04. The van der Waals surface area contributed by atoms with E-state index in [9.17, 15) is 0 Å². The van der Waals surface area contributed by atoms with Gasteiger partial charge in [0.15, 0.2) is 11.5 Å². The largest absolute Gasteiger partial charge is 0.497 e. The standard InChI is InChI=1S/C27H23N3O3/c1-16-4-7-19(10-17(16)2)26-22-14-30(13-18-5-8-20(31-3)9-6-18)23-12-25-24(32-15-33-25)11-21(23)27(22)29-28-26/h4-12,14H,13,15H2,1-3H3. The SMILES string of the molecule is COc1ccc(Cn2cc3c(-c4ccc(C)c(C)c4)nnc-3c3cc4c(cc32)OCO4)cc1. The normalized spacial score (nSPS) is 12.6. The van der Waals surface area contributed by atoms with E-state index in [4.69, 9.17) is 14.2 Å². The third-order valence-electron chi connectivity index (χ3n) is 6.39. The molecule has 3 heterocycles. The van der Waals surface area contributed by atoms with Crippen LogP contribution in [0.2, 0.25) is 0 Å². The number of hydrogen-bond acceptors (Lipinski definition) is 5. The van der Waals surface area contributed by atoms with Gasteiger partial charge in [-0.2, -0.15) is 0 Å². The van der Waals surface area contributed by atoms with Crippen molar-refractivity contribution in [2.75, 3.05) is 13.9 Å². The van der Waals surface area contributed by atoms with Gasteiger partial charge in [0.2, 0.25) is 6.79 Å². The van der Waals surface area contributed by atoms with Crippen molar-refractivity contribution < 1.29 is 14.2 Å². The van der Waals surface area contributed by atoms with Crippen LogP contribution < -0.4 is 14.2 Å². The Hall–Kier alpha value is -4.06. The molecule has 0 radical (unpaired) electrons. The minimum Gasteiger partial charge on any atom is -0.497 e. The van der Waals surface area contributed by atoms with Gasteiger partial charge in [0, 0.05) is 35.3 Å². The Morgan fingerprint density at radius 2 is 1.64 bits per heavy atom. The molecule has 0 amide bonds. The lowest BCUT2D eigenvalue weighted by atomic mass is 9.98. The summed E-state index contributed by atoms with van der Waals surface area (Å²) < 4.78 is 18.9. The van der Waals surface area contributed by atoms with Gasteiger partial charge in [0.05, 0.1) is 12.6 Å². The average Bonchev–Trinajstić information content (AvgIpc) is 3.47. The number of nitrogens with zero attached hydrogens (tertiary/aromatic N) is 3. The second-order valence-corrected chi connectivity index (χ2v) is 8.44. The molecule has 6 nitrogen and oxygen atoms in total. The molecule has 3 aliphatic rings. The highest BCUT2D eigenvalue weighted by Gasteiger charge is 2.24. The minimum atomic E-state index is 0.230. The zero-order chi connectivity index (χ0) is 22.5. The van der Waals surface area contributed by atoms with Gasteiger partial charge < -0.3 is 18.8 Å². The predicted molar refractivity (Wildman–Crippen MR) is 127 cm³/mol. The third kappa shape index (κ3) is 3.26. The number of methoxy groups -OCH3 is 1. The van der Waals surface area contributed by atoms with Gasteiger partial charge in [0.1, 0.15) is 17.1 Å². The van der Waals surface area contributed by atoms with Crippen LogP contribution in [-0.2, 0) is 6.54 Å². The van der Waals surface area contributed by atoms with E-state index in [0.717, 1.165) is 50.7 Å². The first-order valence-corrected chi connectivity index (χ1v) is 10.9. The highest BCUT2D eigenvalue weighted by molar-refractivity contribution is 5.99. The number of benzene rings is 3. The average molecular weight is 437 g/mol. The van der Waals surface area contributed by atoms with E-state index in [1.165, 1.54) is 16.7 Å². The topological polar surface area (TPSA) is 58.4 Å². The zero-order valence-electron chi connectivity index (χ0n) is 18.8. The third-order valence-corrected chi connectivity index (χ3v) is 6.39. The molecule has 3 aliphatic heterocycles. The molecule has 0 aliphatic carbocycles. The molecule has 0 unspecified atom stereocenters. The number of fused-ring (bicyclic) bond motifs is 4. The van der Waals surface area contributed by atoms with E-state index in [1.807, 2.05) is 24.3 Å². The maximum Gasteiger partial charge on any atom is 0.231 e. The maximum atomic E-state index is 5.67. The first kappa shape index (κ1) is 19.6. The molecule has 164 valence electrons. The Morgan fingerprint density at radius 1 is 0.879 bits per heavy atom. The van der Waals surface area contributed by atoms with Crippen LogP contribution in [0.25, 0.3) is 33.4 Å². The summed E-state index contributed by atoms with van der Waals surface area (Å²) in [5, 5.41) is 10.2. The first-order valence-electron chi connectivity index (χ1n) is 10.9. The highest BCUT2D eigenvalue weighted by Crippen LogP contribution is 2.42. The Bertz CT molecular complexity index is 1470. The molecule has 0 saturated carbocycles. The van der Waals surface area contributed by atoms with E-state index < -0.39 is 0 Å². The Balaban J connectivity index is 1.56. The van der Waals surface area contributed by atoms with Crippen LogP contribution >= 0.6 is 0 Å². The Labute approximate surface area is 191 Å². The molecule has 0 atom stereocenters. The van der Waals surface area contributed by atoms with Crippen molar-refractivity contribution in [1.82, 2.24) is 14.8 Å². The lowest BCUT2D eigenvalue weighted by molar-refractivity contribution is 0.174. The molecule has 0 N–H and O–H groups in total. The number of hydrogen-bond donors (Lipinski definition) is 0. The summed E-state index contributed by atoms with van der Waals surface area (Å²) in [6.07, 6.45) is 2.15. The van der Waals surface area contributed by atoms with Crippen LogP contribution in [0.15, 0.2) is 60.8 Å². The zero-order valence-corrected chi connectivity index (χ0v) is 18.8. The first-order chi connectivity index (χ1) is 16.1. The van der Waals surface area contributed by atoms with Crippen LogP contribution in [0.4, 0.5) is 0 Å². The van der Waals surface area contributed by atoms with Gasteiger partial charge >= 0.3 is 0 Å². The van der Waals surface area contributed by atoms with Gasteiger partial charge in [-0.05, 0) is 54.8 Å². The van der Waals surface area contributed by atoms with E-state index in [1.54, 1.807) is 7.11 Å². The van der Waals surface area contributed by atoms with Gasteiger partial charge in [-0.1, -0.05) is 24.3 Å². The molecule has 0 fully saturated rings. The van der Waals surface area contributed by atoms with Crippen LogP contribution in [0.1, 0.15) is 16.7 Å². The number of ether oxygens (including phenoxy) is 3. The van der Waals surface area contributed by atoms with Crippen LogP contribution in [-0.4, -0.2) is 28.7 Å². The number of aryl methyl sites for hydroxylation is 2. The quantitative estimate of drug-likeness (QED) is 0.366. The monoisotopic (exact) mass is 437 g/mol. The van der Waals surface area contributed by atoms with Gasteiger partial charge in [-0.3, -0.25) is 0 Å². The maximum absolute atomic E-state index is 5.67. The molecule has 3 aromatic rings. The molecule has 3 aromatic carbocycles. The van der Waals surface area contributed by atoms with Gasteiger partial charge in [-0.15, -0.1) is 10.2 Å². The smallest absolute Gasteiger partial charge is 0.231 e. The van der Waals surface area contributed by atoms with Crippen molar-refractivity contribution in [3.63, 3.8) is 0 Å². The van der Waals surface area contributed by atoms with Crippen LogP contribution in [0, 0.1) is 13.8 Å². The molecule has 6 rings (SSSR count). The summed E-state index contributed by atoms with van der Waals surface area (Å²) in [6, 6.07) is 18.6. The van der Waals surface area contributed by atoms with E-state index >= 15 is 0 Å². The van der Waals surface area contributed by atoms with Crippen LogP contribution in [0.3, 0.4) is 0 Å². The highest BCUT2D eigenvalue weighted by atomic mass is 16.7. The molecular weight excluding hydrogens is 414 g/mol. The van der Waals surface area contributed by atoms with Crippen LogP contribution in [0.5, 0.6) is 17.2 Å². The summed E-state index contributed by atoms with van der Waals surface area (Å²) in [5.41, 5.74) is 8.51. The summed E-state index contributed by atoms with van der Waals surface area (Å²) in [7, 11) is 1.68. The molecule has 0 saturated heterocycles. The summed E-state index contributed by atoms with van der Waals surface area (Å²) in [4.78, 5) is 0. The van der Waals surface area contributed by atoms with E-state index in [-0.39, 0.29) is 6.79 Å². The Kier molecular flexibility index (Phi) is 4.47. The van der Waals surface area contributed by atoms with Gasteiger partial charge in [0.25, 0.3) is 0 Å². The second-order valence-electron chi connectivity index (χ2n) is 8.44. The van der Waals surface area contributed by atoms with Crippen molar-refractivity contribution in [3.05, 3.63) is 77.5 Å². The fraction of sp³-hybridized carbons (Fsp3) is 0.185. The molecular formula is C27H23N3O3. The second kappa shape index (κ2) is 7.52. The number of pyridine rings is 1. The van der Waals surface area contributed by atoms with E-state index in [0.29, 0.717) is 6.54 Å². The Morgan fingerprint density at radius 3 is 2.39 bits per heavy atom. The number of aromatic nitrogens is 3. The van der Waals surface area contributed by atoms with Crippen molar-refractivity contribution >= 4 is 10.9 Å². The molecule has 0 bridgehead atoms. The fourth-order valence-electron chi connectivity index (χ4n) is 4.39. The van der Waals surface area contributed by atoms with Crippen molar-refractivity contribution in [2.45, 2.75) is 20.4 Å². The summed E-state index contributed by atoms with van der Waals surface area (Å²) in [6.45, 7) is 5.16.